The van der Waals surface area contributed by atoms with Crippen LogP contribution in [0.1, 0.15) is 30.8 Å². The summed E-state index contributed by atoms with van der Waals surface area (Å²) in [7, 11) is 0. The van der Waals surface area contributed by atoms with Gasteiger partial charge in [0.2, 0.25) is 0 Å². The average molecular weight is 294 g/mol. The van der Waals surface area contributed by atoms with Crippen LogP contribution in [0.25, 0.3) is 5.82 Å². The third-order valence-corrected chi connectivity index (χ3v) is 3.21. The lowest BCUT2D eigenvalue weighted by Crippen LogP contribution is -2.06. The Morgan fingerprint density at radius 3 is 2.59 bits per heavy atom. The monoisotopic (exact) mass is 293 g/mol. The van der Waals surface area contributed by atoms with Crippen LogP contribution in [0, 0.1) is 6.92 Å². The van der Waals surface area contributed by atoms with Gasteiger partial charge in [-0.15, -0.1) is 0 Å². The molecule has 0 radical (unpaired) electrons. The number of aromatic nitrogens is 3. The molecule has 0 spiro atoms. The molecular weight excluding hydrogens is 278 g/mol. The van der Waals surface area contributed by atoms with Crippen LogP contribution in [0.2, 0.25) is 0 Å². The van der Waals surface area contributed by atoms with Crippen molar-refractivity contribution >= 4 is 15.9 Å². The largest absolute Gasteiger partial charge is 0.236 e. The molecule has 0 amide bonds. The Bertz CT molecular complexity index is 531. The van der Waals surface area contributed by atoms with Gasteiger partial charge >= 0.3 is 0 Å². The van der Waals surface area contributed by atoms with Crippen molar-refractivity contribution in [2.75, 3.05) is 0 Å². The minimum atomic E-state index is 0.921. The van der Waals surface area contributed by atoms with Crippen LogP contribution in [-0.2, 0) is 12.8 Å². The number of pyridine rings is 1. The lowest BCUT2D eigenvalue weighted by atomic mass is 10.2. The highest BCUT2D eigenvalue weighted by Crippen LogP contribution is 2.18. The van der Waals surface area contributed by atoms with Crippen molar-refractivity contribution in [3.63, 3.8) is 0 Å². The smallest absolute Gasteiger partial charge is 0.156 e. The zero-order chi connectivity index (χ0) is 12.4. The summed E-state index contributed by atoms with van der Waals surface area (Å²) in [5.41, 5.74) is 3.45. The standard InChI is InChI=1S/C13H16BrN3/c1-4-11-7-12(5-2)17(16-11)13-9(3)6-10(14)8-15-13/h6-8H,4-5H2,1-3H3. The van der Waals surface area contributed by atoms with E-state index in [4.69, 9.17) is 0 Å². The molecule has 0 aliphatic carbocycles. The number of rotatable bonds is 3. The van der Waals surface area contributed by atoms with Gasteiger partial charge in [0.15, 0.2) is 5.82 Å². The van der Waals surface area contributed by atoms with Crippen LogP contribution in [0.3, 0.4) is 0 Å². The molecule has 0 atom stereocenters. The molecular formula is C13H16BrN3. The van der Waals surface area contributed by atoms with Gasteiger partial charge in [0.05, 0.1) is 5.69 Å². The molecule has 0 aliphatic rings. The number of hydrogen-bond donors (Lipinski definition) is 0. The van der Waals surface area contributed by atoms with Crippen LogP contribution in [0.5, 0.6) is 0 Å². The highest BCUT2D eigenvalue weighted by atomic mass is 79.9. The molecule has 17 heavy (non-hydrogen) atoms. The average Bonchev–Trinajstić information content (AvgIpc) is 2.72. The van der Waals surface area contributed by atoms with Gasteiger partial charge in [-0.25, -0.2) is 9.67 Å². The normalized spacial score (nSPS) is 10.8. The van der Waals surface area contributed by atoms with E-state index in [0.29, 0.717) is 0 Å². The lowest BCUT2D eigenvalue weighted by Gasteiger charge is -2.08. The first-order valence-electron chi connectivity index (χ1n) is 5.86. The van der Waals surface area contributed by atoms with Crippen molar-refractivity contribution in [1.82, 2.24) is 14.8 Å². The quantitative estimate of drug-likeness (QED) is 0.868. The lowest BCUT2D eigenvalue weighted by molar-refractivity contribution is 0.766. The van der Waals surface area contributed by atoms with Crippen LogP contribution in [0.4, 0.5) is 0 Å². The first kappa shape index (κ1) is 12.3. The summed E-state index contributed by atoms with van der Waals surface area (Å²) in [4.78, 5) is 4.46. The van der Waals surface area contributed by atoms with Gasteiger partial charge in [0.25, 0.3) is 0 Å². The molecule has 0 unspecified atom stereocenters. The summed E-state index contributed by atoms with van der Waals surface area (Å²) in [6.45, 7) is 6.31. The molecule has 0 aromatic carbocycles. The molecule has 3 nitrogen and oxygen atoms in total. The molecule has 4 heteroatoms. The van der Waals surface area contributed by atoms with E-state index in [1.165, 1.54) is 5.69 Å². The fraction of sp³-hybridized carbons (Fsp3) is 0.385. The molecule has 0 bridgehead atoms. The highest BCUT2D eigenvalue weighted by Gasteiger charge is 2.10. The third-order valence-electron chi connectivity index (χ3n) is 2.78. The maximum Gasteiger partial charge on any atom is 0.156 e. The van der Waals surface area contributed by atoms with Gasteiger partial charge < -0.3 is 0 Å². The van der Waals surface area contributed by atoms with Gasteiger partial charge in [0.1, 0.15) is 0 Å². The van der Waals surface area contributed by atoms with Crippen LogP contribution in [0.15, 0.2) is 22.8 Å². The van der Waals surface area contributed by atoms with Gasteiger partial charge in [0, 0.05) is 16.4 Å². The summed E-state index contributed by atoms with van der Waals surface area (Å²) in [6.07, 6.45) is 3.73. The zero-order valence-electron chi connectivity index (χ0n) is 10.4. The van der Waals surface area contributed by atoms with Crippen LogP contribution < -0.4 is 0 Å². The van der Waals surface area contributed by atoms with E-state index >= 15 is 0 Å². The van der Waals surface area contributed by atoms with Gasteiger partial charge in [-0.3, -0.25) is 0 Å². The van der Waals surface area contributed by atoms with Crippen molar-refractivity contribution in [3.05, 3.63) is 39.8 Å². The van der Waals surface area contributed by atoms with Crippen molar-refractivity contribution in [1.29, 1.82) is 0 Å². The van der Waals surface area contributed by atoms with Crippen molar-refractivity contribution in [3.8, 4) is 5.82 Å². The minimum Gasteiger partial charge on any atom is -0.236 e. The Morgan fingerprint density at radius 1 is 1.24 bits per heavy atom. The predicted octanol–water partition coefficient (Wildman–Crippen LogP) is 3.46. The third kappa shape index (κ3) is 2.41. The summed E-state index contributed by atoms with van der Waals surface area (Å²) >= 11 is 3.43. The second-order valence-electron chi connectivity index (χ2n) is 4.04. The number of nitrogens with zero attached hydrogens (tertiary/aromatic N) is 3. The Morgan fingerprint density at radius 2 is 2.00 bits per heavy atom. The maximum absolute atomic E-state index is 4.60. The topological polar surface area (TPSA) is 30.7 Å². The summed E-state index contributed by atoms with van der Waals surface area (Å²) in [5, 5.41) is 4.60. The fourth-order valence-electron chi connectivity index (χ4n) is 1.84. The van der Waals surface area contributed by atoms with E-state index in [1.54, 1.807) is 0 Å². The first-order valence-corrected chi connectivity index (χ1v) is 6.65. The van der Waals surface area contributed by atoms with Gasteiger partial charge in [-0.2, -0.15) is 5.10 Å². The zero-order valence-corrected chi connectivity index (χ0v) is 12.0. The molecule has 2 aromatic heterocycles. The van der Waals surface area contributed by atoms with Gasteiger partial charge in [-0.05, 0) is 53.4 Å². The highest BCUT2D eigenvalue weighted by molar-refractivity contribution is 9.10. The van der Waals surface area contributed by atoms with E-state index < -0.39 is 0 Å². The second kappa shape index (κ2) is 5.00. The summed E-state index contributed by atoms with van der Waals surface area (Å²) < 4.78 is 2.96. The summed E-state index contributed by atoms with van der Waals surface area (Å²) in [5.74, 6) is 0.921. The summed E-state index contributed by atoms with van der Waals surface area (Å²) in [6, 6.07) is 4.22. The number of hydrogen-bond acceptors (Lipinski definition) is 2. The Labute approximate surface area is 110 Å². The molecule has 0 fully saturated rings. The molecule has 2 heterocycles. The second-order valence-corrected chi connectivity index (χ2v) is 4.96. The van der Waals surface area contributed by atoms with E-state index in [0.717, 1.165) is 34.4 Å². The van der Waals surface area contributed by atoms with Crippen LogP contribution >= 0.6 is 15.9 Å². The molecule has 0 saturated heterocycles. The number of halogens is 1. The Kier molecular flexibility index (Phi) is 3.62. The molecule has 2 aromatic rings. The minimum absolute atomic E-state index is 0.921. The van der Waals surface area contributed by atoms with Crippen LogP contribution in [-0.4, -0.2) is 14.8 Å². The fourth-order valence-corrected chi connectivity index (χ4v) is 2.28. The van der Waals surface area contributed by atoms with E-state index in [-0.39, 0.29) is 0 Å². The first-order chi connectivity index (χ1) is 8.15. The molecule has 0 aliphatic heterocycles. The molecule has 0 saturated carbocycles. The SMILES string of the molecule is CCc1cc(CC)n(-c2ncc(Br)cc2C)n1. The van der Waals surface area contributed by atoms with E-state index in [9.17, 15) is 0 Å². The van der Waals surface area contributed by atoms with Gasteiger partial charge in [-0.1, -0.05) is 13.8 Å². The van der Waals surface area contributed by atoms with E-state index in [2.05, 4.69) is 58.9 Å². The van der Waals surface area contributed by atoms with Crippen molar-refractivity contribution in [2.45, 2.75) is 33.6 Å². The maximum atomic E-state index is 4.60. The molecule has 0 N–H and O–H groups in total. The van der Waals surface area contributed by atoms with Crippen molar-refractivity contribution in [2.24, 2.45) is 0 Å². The predicted molar refractivity (Wildman–Crippen MR) is 72.6 cm³/mol. The number of aryl methyl sites for hydroxylation is 3. The Hall–Kier alpha value is -1.16. The molecule has 90 valence electrons. The molecule has 2 rings (SSSR count). The van der Waals surface area contributed by atoms with Crippen molar-refractivity contribution < 1.29 is 0 Å². The van der Waals surface area contributed by atoms with E-state index in [1.807, 2.05) is 10.9 Å². The Balaban J connectivity index is 2.55.